The van der Waals surface area contributed by atoms with E-state index in [1.165, 1.54) is 0 Å². The fourth-order valence-electron chi connectivity index (χ4n) is 0.722. The van der Waals surface area contributed by atoms with Crippen LogP contribution in [-0.4, -0.2) is 0 Å². The minimum atomic E-state index is -2.77. The summed E-state index contributed by atoms with van der Waals surface area (Å²) in [6.07, 6.45) is -1.12. The first kappa shape index (κ1) is 9.48. The van der Waals surface area contributed by atoms with Gasteiger partial charge in [0.15, 0.2) is 12.4 Å². The molecule has 66 valence electrons. The molecule has 0 aromatic carbocycles. The third kappa shape index (κ3) is 1.76. The van der Waals surface area contributed by atoms with Crippen molar-refractivity contribution in [3.05, 3.63) is 33.2 Å². The van der Waals surface area contributed by atoms with Gasteiger partial charge in [-0.15, -0.1) is 0 Å². The molecule has 0 aliphatic carbocycles. The Labute approximate surface area is 76.9 Å². The van der Waals surface area contributed by atoms with Crippen LogP contribution in [0.1, 0.15) is 12.0 Å². The van der Waals surface area contributed by atoms with Gasteiger partial charge in [0.2, 0.25) is 0 Å². The smallest absolute Gasteiger partial charge is 0.267 e. The molecule has 1 aromatic heterocycles. The lowest BCUT2D eigenvalue weighted by atomic mass is 10.3. The molecule has 0 fully saturated rings. The van der Waals surface area contributed by atoms with Crippen LogP contribution in [-0.2, 0) is 0 Å². The molecule has 6 heteroatoms. The Morgan fingerprint density at radius 2 is 1.67 bits per heavy atom. The van der Waals surface area contributed by atoms with E-state index in [2.05, 4.69) is 0 Å². The van der Waals surface area contributed by atoms with Crippen LogP contribution in [0, 0.1) is 5.21 Å². The molecule has 0 N–H and O–H groups in total. The molecule has 1 aromatic rings. The number of nitrogens with zero attached hydrogens (tertiary/aromatic N) is 1. The van der Waals surface area contributed by atoms with Crippen molar-refractivity contribution in [3.63, 3.8) is 0 Å². The van der Waals surface area contributed by atoms with Crippen LogP contribution in [0.5, 0.6) is 0 Å². The van der Waals surface area contributed by atoms with E-state index in [0.29, 0.717) is 0 Å². The summed E-state index contributed by atoms with van der Waals surface area (Å²) < 4.78 is 24.6. The number of pyridine rings is 1. The summed E-state index contributed by atoms with van der Waals surface area (Å²) in [5, 5.41) is 9.94. The molecule has 0 bridgehead atoms. The molecular formula is C6H3Cl2F2NO. The number of rotatable bonds is 1. The third-order valence-corrected chi connectivity index (χ3v) is 1.82. The molecule has 0 saturated heterocycles. The summed E-state index contributed by atoms with van der Waals surface area (Å²) in [7, 11) is 0. The highest BCUT2D eigenvalue weighted by atomic mass is 35.5. The van der Waals surface area contributed by atoms with Gasteiger partial charge in [0.1, 0.15) is 10.0 Å². The van der Waals surface area contributed by atoms with Crippen molar-refractivity contribution in [2.45, 2.75) is 6.43 Å². The van der Waals surface area contributed by atoms with E-state index >= 15 is 0 Å². The van der Waals surface area contributed by atoms with Crippen LogP contribution in [0.2, 0.25) is 10.0 Å². The zero-order valence-corrected chi connectivity index (χ0v) is 7.11. The Bertz CT molecular complexity index is 283. The molecule has 0 saturated carbocycles. The van der Waals surface area contributed by atoms with Gasteiger partial charge in [0, 0.05) is 0 Å². The molecule has 0 amide bonds. The molecule has 0 aliphatic heterocycles. The normalized spacial score (nSPS) is 10.8. The maximum absolute atomic E-state index is 12.1. The molecule has 1 heterocycles. The average Bonchev–Trinajstić information content (AvgIpc) is 1.82. The summed E-state index contributed by atoms with van der Waals surface area (Å²) in [5.74, 6) is 0. The second kappa shape index (κ2) is 3.41. The Balaban J connectivity index is 3.28. The highest BCUT2D eigenvalue weighted by molar-refractivity contribution is 6.35. The SMILES string of the molecule is [O-][n+]1cc(Cl)c(C(F)F)c(Cl)c1. The summed E-state index contributed by atoms with van der Waals surface area (Å²) >= 11 is 10.7. The zero-order valence-electron chi connectivity index (χ0n) is 5.60. The monoisotopic (exact) mass is 213 g/mol. The molecule has 0 atom stereocenters. The van der Waals surface area contributed by atoms with Crippen LogP contribution < -0.4 is 4.73 Å². The second-order valence-corrected chi connectivity index (χ2v) is 2.84. The average molecular weight is 214 g/mol. The van der Waals surface area contributed by atoms with E-state index in [9.17, 15) is 14.0 Å². The van der Waals surface area contributed by atoms with Gasteiger partial charge in [-0.05, 0) is 0 Å². The van der Waals surface area contributed by atoms with E-state index in [1.807, 2.05) is 0 Å². The molecular weight excluding hydrogens is 211 g/mol. The van der Waals surface area contributed by atoms with Gasteiger partial charge in [-0.25, -0.2) is 8.78 Å². The topological polar surface area (TPSA) is 26.9 Å². The summed E-state index contributed by atoms with van der Waals surface area (Å²) in [4.78, 5) is 0. The summed E-state index contributed by atoms with van der Waals surface area (Å²) in [5.41, 5.74) is -0.509. The molecule has 12 heavy (non-hydrogen) atoms. The molecule has 0 aliphatic rings. The standard InChI is InChI=1S/C6H3Cl2F2NO/c7-3-1-11(12)2-4(8)5(3)6(9)10/h1-2,6H. The largest absolute Gasteiger partial charge is 0.619 e. The fourth-order valence-corrected chi connectivity index (χ4v) is 1.33. The predicted octanol–water partition coefficient (Wildman–Crippen LogP) is 2.56. The van der Waals surface area contributed by atoms with Crippen LogP contribution in [0.15, 0.2) is 12.4 Å². The molecule has 0 unspecified atom stereocenters. The van der Waals surface area contributed by atoms with Crippen molar-refractivity contribution >= 4 is 23.2 Å². The number of hydrogen-bond donors (Lipinski definition) is 0. The Morgan fingerprint density at radius 3 is 2.00 bits per heavy atom. The van der Waals surface area contributed by atoms with Crippen molar-refractivity contribution in [2.75, 3.05) is 0 Å². The molecule has 0 radical (unpaired) electrons. The van der Waals surface area contributed by atoms with Gasteiger partial charge in [0.25, 0.3) is 6.43 Å². The van der Waals surface area contributed by atoms with E-state index < -0.39 is 12.0 Å². The fraction of sp³-hybridized carbons (Fsp3) is 0.167. The van der Waals surface area contributed by atoms with Gasteiger partial charge in [-0.1, -0.05) is 23.2 Å². The maximum Gasteiger partial charge on any atom is 0.267 e. The minimum Gasteiger partial charge on any atom is -0.619 e. The highest BCUT2D eigenvalue weighted by Gasteiger charge is 2.19. The predicted molar refractivity (Wildman–Crippen MR) is 40.4 cm³/mol. The van der Waals surface area contributed by atoms with Crippen LogP contribution >= 0.6 is 23.2 Å². The van der Waals surface area contributed by atoms with Gasteiger partial charge in [-0.3, -0.25) is 0 Å². The number of halogens is 4. The minimum absolute atomic E-state index is 0.274. The highest BCUT2D eigenvalue weighted by Crippen LogP contribution is 2.31. The van der Waals surface area contributed by atoms with Crippen molar-refractivity contribution in [1.82, 2.24) is 0 Å². The lowest BCUT2D eigenvalue weighted by Crippen LogP contribution is -2.25. The maximum atomic E-state index is 12.1. The number of hydrogen-bond acceptors (Lipinski definition) is 1. The van der Waals surface area contributed by atoms with Crippen LogP contribution in [0.3, 0.4) is 0 Å². The van der Waals surface area contributed by atoms with Gasteiger partial charge in [0.05, 0.1) is 5.56 Å². The van der Waals surface area contributed by atoms with Gasteiger partial charge < -0.3 is 5.21 Å². The van der Waals surface area contributed by atoms with Crippen molar-refractivity contribution in [1.29, 1.82) is 0 Å². The Kier molecular flexibility index (Phi) is 2.69. The van der Waals surface area contributed by atoms with Gasteiger partial charge in [-0.2, -0.15) is 4.73 Å². The van der Waals surface area contributed by atoms with Gasteiger partial charge >= 0.3 is 0 Å². The summed E-state index contributed by atoms with van der Waals surface area (Å²) in [6.45, 7) is 0. The first-order valence-electron chi connectivity index (χ1n) is 2.88. The second-order valence-electron chi connectivity index (χ2n) is 2.03. The number of aromatic nitrogens is 1. The van der Waals surface area contributed by atoms with E-state index in [1.54, 1.807) is 0 Å². The molecule has 0 spiro atoms. The number of alkyl halides is 2. The lowest BCUT2D eigenvalue weighted by Gasteiger charge is -2.04. The van der Waals surface area contributed by atoms with Crippen molar-refractivity contribution < 1.29 is 13.5 Å². The summed E-state index contributed by atoms with van der Waals surface area (Å²) in [6, 6.07) is 0. The quantitative estimate of drug-likeness (QED) is 0.521. The third-order valence-electron chi connectivity index (χ3n) is 1.21. The first-order valence-corrected chi connectivity index (χ1v) is 3.64. The van der Waals surface area contributed by atoms with E-state index in [4.69, 9.17) is 23.2 Å². The first-order chi connectivity index (χ1) is 5.52. The molecule has 2 nitrogen and oxygen atoms in total. The van der Waals surface area contributed by atoms with Crippen molar-refractivity contribution in [3.8, 4) is 0 Å². The Hall–Kier alpha value is -0.610. The van der Waals surface area contributed by atoms with Crippen molar-refractivity contribution in [2.24, 2.45) is 0 Å². The molecule has 1 rings (SSSR count). The van der Waals surface area contributed by atoms with E-state index in [-0.39, 0.29) is 14.8 Å². The van der Waals surface area contributed by atoms with Crippen LogP contribution in [0.25, 0.3) is 0 Å². The Morgan fingerprint density at radius 1 is 1.25 bits per heavy atom. The van der Waals surface area contributed by atoms with Crippen LogP contribution in [0.4, 0.5) is 8.78 Å². The van der Waals surface area contributed by atoms with E-state index in [0.717, 1.165) is 12.4 Å². The zero-order chi connectivity index (χ0) is 9.30. The lowest BCUT2D eigenvalue weighted by molar-refractivity contribution is -0.605.